The molecule has 0 radical (unpaired) electrons. The number of aromatic nitrogens is 2. The van der Waals surface area contributed by atoms with Crippen LogP contribution in [0.5, 0.6) is 5.75 Å². The van der Waals surface area contributed by atoms with E-state index in [0.717, 1.165) is 28.5 Å². The summed E-state index contributed by atoms with van der Waals surface area (Å²) in [4.78, 5) is 25.1. The van der Waals surface area contributed by atoms with Crippen LogP contribution in [0, 0.1) is 5.82 Å². The first-order valence-electron chi connectivity index (χ1n) is 9.69. The molecule has 0 aliphatic carbocycles. The number of anilines is 1. The molecule has 0 bridgehead atoms. The molecule has 1 aliphatic heterocycles. The average molecular weight is 565 g/mol. The van der Waals surface area contributed by atoms with Gasteiger partial charge in [0.2, 0.25) is 0 Å². The Kier molecular flexibility index (Phi) is 12.7. The third kappa shape index (κ3) is 10.6. The van der Waals surface area contributed by atoms with E-state index in [1.54, 1.807) is 24.3 Å². The van der Waals surface area contributed by atoms with Crippen molar-refractivity contribution in [1.29, 1.82) is 0 Å². The molecule has 188 valence electrons. The van der Waals surface area contributed by atoms with Gasteiger partial charge in [0.1, 0.15) is 11.8 Å². The molecule has 2 heterocycles. The van der Waals surface area contributed by atoms with E-state index in [1.165, 1.54) is 28.2 Å². The molecule has 0 spiro atoms. The Morgan fingerprint density at radius 3 is 2.32 bits per heavy atom. The highest BCUT2D eigenvalue weighted by molar-refractivity contribution is 9.10. The van der Waals surface area contributed by atoms with Crippen molar-refractivity contribution in [2.75, 3.05) is 33.2 Å². The fourth-order valence-corrected chi connectivity index (χ4v) is 3.56. The van der Waals surface area contributed by atoms with Crippen molar-refractivity contribution < 1.29 is 32.3 Å². The number of nitrogen functional groups attached to an aromatic ring is 1. The lowest BCUT2D eigenvalue weighted by molar-refractivity contribution is -0.142. The van der Waals surface area contributed by atoms with Crippen LogP contribution in [-0.2, 0) is 30.4 Å². The number of nitrogens with one attached hydrogen (secondary N) is 1. The maximum absolute atomic E-state index is 12.4. The van der Waals surface area contributed by atoms with Gasteiger partial charge in [-0.2, -0.15) is 10.1 Å². The quantitative estimate of drug-likeness (QED) is 0.305. The number of benzene rings is 1. The predicted molar refractivity (Wildman–Crippen MR) is 128 cm³/mol. The van der Waals surface area contributed by atoms with E-state index in [0.29, 0.717) is 5.75 Å². The highest BCUT2D eigenvalue weighted by Gasteiger charge is 2.30. The first kappa shape index (κ1) is 29.5. The second kappa shape index (κ2) is 14.6. The summed E-state index contributed by atoms with van der Waals surface area (Å²) < 4.78 is 46.1. The first-order valence-corrected chi connectivity index (χ1v) is 12.0. The number of carbonyl (C=O) groups is 1. The normalized spacial score (nSPS) is 14.5. The van der Waals surface area contributed by atoms with Gasteiger partial charge in [0.25, 0.3) is 0 Å². The Morgan fingerprint density at radius 1 is 1.29 bits per heavy atom. The number of esters is 1. The largest absolute Gasteiger partial charge is 0.468 e. The molecule has 0 saturated heterocycles. The van der Waals surface area contributed by atoms with Crippen LogP contribution < -0.4 is 21.0 Å². The Morgan fingerprint density at radius 2 is 1.88 bits per heavy atom. The first-order chi connectivity index (χ1) is 16.0. The average Bonchev–Trinajstić information content (AvgIpc) is 3.39. The Bertz CT molecular complexity index is 1060. The van der Waals surface area contributed by atoms with Crippen LogP contribution in [0.1, 0.15) is 6.92 Å². The number of hydrogen-bond acceptors (Lipinski definition) is 9. The second-order valence-electron chi connectivity index (χ2n) is 6.48. The SMILES string of the molecule is C1=CCOC1.COC(=O)C(C)NP(=O)(OC)Oc1ccc(Br)cc1.Cn1cc(F)c(N)nc1=O. The molecule has 14 heteroatoms. The summed E-state index contributed by atoms with van der Waals surface area (Å²) in [5.74, 6) is -1.24. The van der Waals surface area contributed by atoms with E-state index < -0.39 is 31.3 Å². The highest BCUT2D eigenvalue weighted by Crippen LogP contribution is 2.44. The molecular weight excluding hydrogens is 538 g/mol. The van der Waals surface area contributed by atoms with E-state index in [2.05, 4.69) is 30.7 Å². The van der Waals surface area contributed by atoms with Gasteiger partial charge in [0.05, 0.1) is 20.3 Å². The number of nitrogens with two attached hydrogens (primary N) is 1. The fraction of sp³-hybridized carbons (Fsp3) is 0.350. The maximum Gasteiger partial charge on any atom is 0.459 e. The topological polar surface area (TPSA) is 144 Å². The van der Waals surface area contributed by atoms with E-state index in [4.69, 9.17) is 19.5 Å². The molecule has 1 aromatic carbocycles. The van der Waals surface area contributed by atoms with E-state index in [1.807, 2.05) is 12.2 Å². The van der Waals surface area contributed by atoms with Crippen LogP contribution in [0.15, 0.2) is 51.9 Å². The van der Waals surface area contributed by atoms with Gasteiger partial charge in [0.15, 0.2) is 11.6 Å². The van der Waals surface area contributed by atoms with Gasteiger partial charge in [0, 0.05) is 24.8 Å². The zero-order chi connectivity index (χ0) is 25.7. The van der Waals surface area contributed by atoms with Crippen molar-refractivity contribution >= 4 is 35.5 Å². The molecule has 1 aromatic heterocycles. The molecule has 3 rings (SSSR count). The van der Waals surface area contributed by atoms with Gasteiger partial charge in [-0.25, -0.2) is 13.8 Å². The summed E-state index contributed by atoms with van der Waals surface area (Å²) in [6, 6.07) is 5.91. The molecule has 2 atom stereocenters. The van der Waals surface area contributed by atoms with Crippen LogP contribution in [0.25, 0.3) is 0 Å². The van der Waals surface area contributed by atoms with E-state index in [9.17, 15) is 18.5 Å². The Labute approximate surface area is 204 Å². The molecule has 0 fully saturated rings. The molecule has 11 nitrogen and oxygen atoms in total. The smallest absolute Gasteiger partial charge is 0.459 e. The lowest BCUT2D eigenvalue weighted by Gasteiger charge is -2.20. The maximum atomic E-state index is 12.4. The molecule has 2 aromatic rings. The number of aryl methyl sites for hydroxylation is 1. The Hall–Kier alpha value is -2.57. The minimum Gasteiger partial charge on any atom is -0.468 e. The Balaban J connectivity index is 0.000000315. The predicted octanol–water partition coefficient (Wildman–Crippen LogP) is 2.81. The lowest BCUT2D eigenvalue weighted by atomic mass is 10.3. The van der Waals surface area contributed by atoms with Gasteiger partial charge in [-0.05, 0) is 31.2 Å². The van der Waals surface area contributed by atoms with Crippen molar-refractivity contribution in [2.45, 2.75) is 13.0 Å². The van der Waals surface area contributed by atoms with Gasteiger partial charge >= 0.3 is 19.4 Å². The summed E-state index contributed by atoms with van der Waals surface area (Å²) in [6.45, 7) is 3.14. The number of methoxy groups -OCH3 is 1. The van der Waals surface area contributed by atoms with Gasteiger partial charge in [-0.1, -0.05) is 28.1 Å². The summed E-state index contributed by atoms with van der Waals surface area (Å²) >= 11 is 3.28. The van der Waals surface area contributed by atoms with Crippen LogP contribution in [-0.4, -0.2) is 49.0 Å². The zero-order valence-corrected chi connectivity index (χ0v) is 21.5. The minimum atomic E-state index is -3.63. The van der Waals surface area contributed by atoms with E-state index in [-0.39, 0.29) is 5.82 Å². The van der Waals surface area contributed by atoms with Crippen molar-refractivity contribution in [2.24, 2.45) is 7.05 Å². The van der Waals surface area contributed by atoms with Crippen LogP contribution >= 0.6 is 23.7 Å². The van der Waals surface area contributed by atoms with Crippen molar-refractivity contribution in [3.05, 3.63) is 63.4 Å². The van der Waals surface area contributed by atoms with Crippen molar-refractivity contribution in [1.82, 2.24) is 14.6 Å². The van der Waals surface area contributed by atoms with Crippen LogP contribution in [0.3, 0.4) is 0 Å². The number of nitrogens with zero attached hydrogens (tertiary/aromatic N) is 2. The number of carbonyl (C=O) groups excluding carboxylic acids is 1. The summed E-state index contributed by atoms with van der Waals surface area (Å²) in [6.07, 6.45) is 5.02. The zero-order valence-electron chi connectivity index (χ0n) is 19.1. The third-order valence-corrected chi connectivity index (χ3v) is 6.01. The lowest BCUT2D eigenvalue weighted by Crippen LogP contribution is -2.34. The van der Waals surface area contributed by atoms with Gasteiger partial charge in [-0.15, -0.1) is 0 Å². The standard InChI is InChI=1S/C11H15BrNO5P.C5H6FN3O.C4H6O/c1-8(11(14)16-2)13-19(15,17-3)18-10-6-4-9(12)5-7-10;1-9-2-3(6)4(7)8-5(9)10;1-2-4-5-3-1/h4-8H,1-3H3,(H,13,15);2H,1H3,(H2,7,8,10);1-2H,3-4H2. The third-order valence-electron chi connectivity index (χ3n) is 3.85. The molecule has 0 saturated carbocycles. The number of hydrogen-bond donors (Lipinski definition) is 2. The molecule has 0 amide bonds. The number of halogens is 2. The molecule has 3 N–H and O–H groups in total. The number of rotatable bonds is 6. The molecular formula is C20H27BrFN4O7P. The minimum absolute atomic E-state index is 0.358. The summed E-state index contributed by atoms with van der Waals surface area (Å²) in [5, 5.41) is 2.48. The van der Waals surface area contributed by atoms with Gasteiger partial charge < -0.3 is 19.7 Å². The van der Waals surface area contributed by atoms with Crippen molar-refractivity contribution in [3.63, 3.8) is 0 Å². The summed E-state index contributed by atoms with van der Waals surface area (Å²) in [5.41, 5.74) is 4.43. The molecule has 34 heavy (non-hydrogen) atoms. The second-order valence-corrected chi connectivity index (χ2v) is 9.19. The monoisotopic (exact) mass is 564 g/mol. The fourth-order valence-electron chi connectivity index (χ4n) is 2.08. The number of ether oxygens (including phenoxy) is 2. The van der Waals surface area contributed by atoms with Crippen LogP contribution in [0.4, 0.5) is 10.2 Å². The molecule has 2 unspecified atom stereocenters. The summed E-state index contributed by atoms with van der Waals surface area (Å²) in [7, 11) is 0.251. The highest BCUT2D eigenvalue weighted by atomic mass is 79.9. The van der Waals surface area contributed by atoms with Gasteiger partial charge in [-0.3, -0.25) is 13.9 Å². The van der Waals surface area contributed by atoms with Crippen LogP contribution in [0.2, 0.25) is 0 Å². The van der Waals surface area contributed by atoms with Crippen molar-refractivity contribution in [3.8, 4) is 5.75 Å². The molecule has 1 aliphatic rings. The van der Waals surface area contributed by atoms with E-state index >= 15 is 0 Å².